The Morgan fingerprint density at radius 3 is 1.54 bits per heavy atom. The summed E-state index contributed by atoms with van der Waals surface area (Å²) >= 11 is 0. The zero-order chi connectivity index (χ0) is 45.9. The van der Waals surface area contributed by atoms with Crippen LogP contribution in [0.3, 0.4) is 0 Å². The van der Waals surface area contributed by atoms with Gasteiger partial charge in [-0.3, -0.25) is 0 Å². The van der Waals surface area contributed by atoms with Crippen LogP contribution >= 0.6 is 0 Å². The molecule has 15 aromatic rings. The molecule has 5 aromatic heterocycles. The van der Waals surface area contributed by atoms with Crippen molar-refractivity contribution < 1.29 is 8.83 Å². The standard InChI is InChI=1S/C63H37N5O2/c1-4-16-38(17-5-1)61-64-62(39-18-6-2-7-19-39)66-63(65-61)46-30-32-53(60-57(46)45-24-12-15-27-55(45)70-60)68-50-31-28-40(41-29-35-56-47(36-41)43-22-11-14-26-54(43)69-56)37-48(50)59-52(68)34-33-51-58(59)44-23-10-13-25-49(44)67(51)42-20-8-3-9-21-42/h1-37H. The number of hydrogen-bond donors (Lipinski definition) is 0. The van der Waals surface area contributed by atoms with Gasteiger partial charge >= 0.3 is 0 Å². The van der Waals surface area contributed by atoms with Crippen molar-refractivity contribution in [3.05, 3.63) is 224 Å². The molecule has 0 radical (unpaired) electrons. The van der Waals surface area contributed by atoms with Crippen LogP contribution in [0.1, 0.15) is 0 Å². The average Bonchev–Trinajstić information content (AvgIpc) is 4.19. The Labute approximate surface area is 399 Å². The van der Waals surface area contributed by atoms with Crippen molar-refractivity contribution in [1.82, 2.24) is 24.1 Å². The van der Waals surface area contributed by atoms with Gasteiger partial charge < -0.3 is 18.0 Å². The Hall–Kier alpha value is -9.59. The van der Waals surface area contributed by atoms with Crippen molar-refractivity contribution in [3.8, 4) is 56.7 Å². The summed E-state index contributed by atoms with van der Waals surface area (Å²) in [5.41, 5.74) is 14.7. The lowest BCUT2D eigenvalue weighted by atomic mass is 9.99. The van der Waals surface area contributed by atoms with E-state index in [-0.39, 0.29) is 0 Å². The van der Waals surface area contributed by atoms with Crippen molar-refractivity contribution in [2.24, 2.45) is 0 Å². The minimum absolute atomic E-state index is 0.570. The lowest BCUT2D eigenvalue weighted by Crippen LogP contribution is -2.01. The molecule has 0 aliphatic heterocycles. The fourth-order valence-corrected chi connectivity index (χ4v) is 10.9. The van der Waals surface area contributed by atoms with E-state index in [2.05, 4.69) is 149 Å². The largest absolute Gasteiger partial charge is 0.456 e. The summed E-state index contributed by atoms with van der Waals surface area (Å²) in [6, 6.07) is 78.5. The van der Waals surface area contributed by atoms with Gasteiger partial charge in [0.05, 0.1) is 27.8 Å². The van der Waals surface area contributed by atoms with Crippen LogP contribution in [-0.4, -0.2) is 24.1 Å². The maximum atomic E-state index is 7.07. The van der Waals surface area contributed by atoms with Gasteiger partial charge in [-0.25, -0.2) is 15.0 Å². The highest BCUT2D eigenvalue weighted by Gasteiger charge is 2.26. The summed E-state index contributed by atoms with van der Waals surface area (Å²) in [6.07, 6.45) is 0. The minimum atomic E-state index is 0.570. The van der Waals surface area contributed by atoms with Crippen LogP contribution in [0.15, 0.2) is 233 Å². The molecular weight excluding hydrogens is 859 g/mol. The summed E-state index contributed by atoms with van der Waals surface area (Å²) in [5, 5.41) is 8.81. The molecule has 0 aliphatic carbocycles. The van der Waals surface area contributed by atoms with E-state index in [0.29, 0.717) is 17.5 Å². The smallest absolute Gasteiger partial charge is 0.164 e. The molecule has 0 atom stereocenters. The first-order valence-corrected chi connectivity index (χ1v) is 23.5. The molecule has 0 aliphatic rings. The van der Waals surface area contributed by atoms with Crippen LogP contribution in [0, 0.1) is 0 Å². The first-order chi connectivity index (χ1) is 34.7. The van der Waals surface area contributed by atoms with E-state index in [0.717, 1.165) is 111 Å². The maximum Gasteiger partial charge on any atom is 0.164 e. The highest BCUT2D eigenvalue weighted by Crippen LogP contribution is 2.47. The predicted molar refractivity (Wildman–Crippen MR) is 285 cm³/mol. The van der Waals surface area contributed by atoms with Crippen molar-refractivity contribution in [1.29, 1.82) is 0 Å². The number of aromatic nitrogens is 5. The van der Waals surface area contributed by atoms with Crippen molar-refractivity contribution in [2.75, 3.05) is 0 Å². The molecule has 326 valence electrons. The van der Waals surface area contributed by atoms with Gasteiger partial charge in [0.1, 0.15) is 16.7 Å². The summed E-state index contributed by atoms with van der Waals surface area (Å²) < 4.78 is 18.1. The third kappa shape index (κ3) is 5.72. The van der Waals surface area contributed by atoms with E-state index in [9.17, 15) is 0 Å². The molecule has 5 heterocycles. The van der Waals surface area contributed by atoms with E-state index in [1.54, 1.807) is 0 Å². The Balaban J connectivity index is 1.03. The topological polar surface area (TPSA) is 74.8 Å². The zero-order valence-corrected chi connectivity index (χ0v) is 37.4. The van der Waals surface area contributed by atoms with Gasteiger partial charge in [0, 0.05) is 65.5 Å². The van der Waals surface area contributed by atoms with Crippen LogP contribution in [0.5, 0.6) is 0 Å². The fourth-order valence-electron chi connectivity index (χ4n) is 10.9. The van der Waals surface area contributed by atoms with E-state index in [1.165, 1.54) is 16.2 Å². The zero-order valence-electron chi connectivity index (χ0n) is 37.4. The second-order valence-corrected chi connectivity index (χ2v) is 17.9. The van der Waals surface area contributed by atoms with Gasteiger partial charge in [-0.05, 0) is 90.0 Å². The lowest BCUT2D eigenvalue weighted by Gasteiger charge is -2.13. The normalized spacial score (nSPS) is 12.0. The summed E-state index contributed by atoms with van der Waals surface area (Å²) in [4.78, 5) is 15.4. The molecule has 7 nitrogen and oxygen atoms in total. The van der Waals surface area contributed by atoms with E-state index >= 15 is 0 Å². The highest BCUT2D eigenvalue weighted by molar-refractivity contribution is 6.29. The number of rotatable bonds is 6. The quantitative estimate of drug-likeness (QED) is 0.166. The average molecular weight is 896 g/mol. The van der Waals surface area contributed by atoms with Gasteiger partial charge in [0.2, 0.25) is 0 Å². The highest BCUT2D eigenvalue weighted by atomic mass is 16.3. The Morgan fingerprint density at radius 1 is 0.300 bits per heavy atom. The third-order valence-electron chi connectivity index (χ3n) is 14.0. The minimum Gasteiger partial charge on any atom is -0.456 e. The number of hydrogen-bond acceptors (Lipinski definition) is 5. The molecular formula is C63H37N5O2. The molecule has 0 bridgehead atoms. The Bertz CT molecular complexity index is 4530. The third-order valence-corrected chi connectivity index (χ3v) is 14.0. The van der Waals surface area contributed by atoms with Crippen molar-refractivity contribution in [2.45, 2.75) is 0 Å². The maximum absolute atomic E-state index is 7.07. The number of benzene rings is 10. The molecule has 10 aromatic carbocycles. The second-order valence-electron chi connectivity index (χ2n) is 17.9. The number of furan rings is 2. The molecule has 0 spiro atoms. The molecule has 7 heteroatoms. The Morgan fingerprint density at radius 2 is 0.814 bits per heavy atom. The van der Waals surface area contributed by atoms with Crippen molar-refractivity contribution in [3.63, 3.8) is 0 Å². The molecule has 0 saturated carbocycles. The first-order valence-electron chi connectivity index (χ1n) is 23.5. The molecule has 15 rings (SSSR count). The summed E-state index contributed by atoms with van der Waals surface area (Å²) in [6.45, 7) is 0. The first kappa shape index (κ1) is 38.5. The molecule has 70 heavy (non-hydrogen) atoms. The van der Waals surface area contributed by atoms with E-state index in [1.807, 2.05) is 84.9 Å². The number of nitrogens with zero attached hydrogens (tertiary/aromatic N) is 5. The van der Waals surface area contributed by atoms with Crippen molar-refractivity contribution >= 4 is 87.5 Å². The lowest BCUT2D eigenvalue weighted by molar-refractivity contribution is 0.666. The van der Waals surface area contributed by atoms with Gasteiger partial charge in [-0.15, -0.1) is 0 Å². The molecule has 0 amide bonds. The van der Waals surface area contributed by atoms with Gasteiger partial charge in [-0.2, -0.15) is 0 Å². The number of para-hydroxylation sites is 4. The van der Waals surface area contributed by atoms with Crippen LogP contribution in [0.25, 0.3) is 144 Å². The van der Waals surface area contributed by atoms with E-state index in [4.69, 9.17) is 23.8 Å². The van der Waals surface area contributed by atoms with E-state index < -0.39 is 0 Å². The summed E-state index contributed by atoms with van der Waals surface area (Å²) in [7, 11) is 0. The second kappa shape index (κ2) is 15.0. The van der Waals surface area contributed by atoms with Gasteiger partial charge in [0.25, 0.3) is 0 Å². The molecule has 0 unspecified atom stereocenters. The van der Waals surface area contributed by atoms with Gasteiger partial charge in [0.15, 0.2) is 23.1 Å². The fraction of sp³-hybridized carbons (Fsp3) is 0. The molecule has 0 fully saturated rings. The monoisotopic (exact) mass is 895 g/mol. The van der Waals surface area contributed by atoms with Crippen LogP contribution in [-0.2, 0) is 0 Å². The van der Waals surface area contributed by atoms with Crippen LogP contribution in [0.4, 0.5) is 0 Å². The van der Waals surface area contributed by atoms with Gasteiger partial charge in [-0.1, -0.05) is 146 Å². The SMILES string of the molecule is c1ccc(-c2nc(-c3ccccc3)nc(-c3ccc(-n4c5ccc(-c6ccc7oc8ccccc8c7c6)cc5c5c6c7ccccc7n(-c7ccccc7)c6ccc54)c4oc5ccccc5c34)n2)cc1. The number of fused-ring (bicyclic) bond motifs is 13. The molecule has 0 N–H and O–H groups in total. The Kier molecular flexibility index (Phi) is 8.23. The summed E-state index contributed by atoms with van der Waals surface area (Å²) in [5.74, 6) is 1.78. The molecule has 0 saturated heterocycles. The van der Waals surface area contributed by atoms with Crippen LogP contribution in [0.2, 0.25) is 0 Å². The predicted octanol–water partition coefficient (Wildman–Crippen LogP) is 16.5. The van der Waals surface area contributed by atoms with Crippen LogP contribution < -0.4 is 0 Å².